The van der Waals surface area contributed by atoms with Crippen molar-refractivity contribution in [3.63, 3.8) is 0 Å². The van der Waals surface area contributed by atoms with Crippen molar-refractivity contribution in [2.24, 2.45) is 16.5 Å². The number of tetrazole rings is 1. The highest BCUT2D eigenvalue weighted by Crippen LogP contribution is 2.30. The number of aromatic carboxylic acids is 1. The van der Waals surface area contributed by atoms with Crippen LogP contribution in [0.3, 0.4) is 0 Å². The highest BCUT2D eigenvalue weighted by molar-refractivity contribution is 6.47. The summed E-state index contributed by atoms with van der Waals surface area (Å²) < 4.78 is 6.84. The normalized spacial score (nSPS) is 15.1. The van der Waals surface area contributed by atoms with Crippen LogP contribution in [0.2, 0.25) is 0 Å². The molecule has 158 valence electrons. The molecule has 0 spiro atoms. The Bertz CT molecular complexity index is 961. The second-order valence-electron chi connectivity index (χ2n) is 6.64. The van der Waals surface area contributed by atoms with Gasteiger partial charge in [0.15, 0.2) is 11.8 Å². The van der Waals surface area contributed by atoms with Crippen LogP contribution in [0.1, 0.15) is 28.2 Å². The van der Waals surface area contributed by atoms with Gasteiger partial charge in [-0.05, 0) is 34.9 Å². The van der Waals surface area contributed by atoms with Crippen LogP contribution in [0.5, 0.6) is 5.75 Å². The molecule has 30 heavy (non-hydrogen) atoms. The molecule has 14 heteroatoms. The molecule has 13 nitrogen and oxygen atoms in total. The second kappa shape index (κ2) is 9.22. The van der Waals surface area contributed by atoms with Crippen molar-refractivity contribution in [1.29, 1.82) is 0 Å². The van der Waals surface area contributed by atoms with Gasteiger partial charge >= 0.3 is 13.1 Å². The number of benzene rings is 1. The third kappa shape index (κ3) is 5.02. The van der Waals surface area contributed by atoms with Crippen molar-refractivity contribution in [2.75, 3.05) is 6.54 Å². The van der Waals surface area contributed by atoms with Gasteiger partial charge in [0, 0.05) is 13.1 Å². The van der Waals surface area contributed by atoms with Gasteiger partial charge in [-0.1, -0.05) is 12.1 Å². The number of para-hydroxylation sites is 1. The summed E-state index contributed by atoms with van der Waals surface area (Å²) in [5, 5.41) is 33.4. The lowest BCUT2D eigenvalue weighted by molar-refractivity contribution is -0.121. The number of nitrogens with one attached hydrogen (secondary N) is 1. The summed E-state index contributed by atoms with van der Waals surface area (Å²) in [5.74, 6) is -1.88. The zero-order valence-corrected chi connectivity index (χ0v) is 15.9. The van der Waals surface area contributed by atoms with E-state index in [0.717, 1.165) is 0 Å². The summed E-state index contributed by atoms with van der Waals surface area (Å²) in [6, 6.07) is 4.66. The number of carbonyl (C=O) groups is 2. The van der Waals surface area contributed by atoms with Crippen LogP contribution in [0.4, 0.5) is 0 Å². The number of carboxylic acids is 1. The smallest absolute Gasteiger partial charge is 0.534 e. The third-order valence-electron chi connectivity index (χ3n) is 4.44. The van der Waals surface area contributed by atoms with Crippen molar-refractivity contribution >= 4 is 25.0 Å². The van der Waals surface area contributed by atoms with Crippen LogP contribution < -0.4 is 21.4 Å². The first kappa shape index (κ1) is 21.0. The first-order valence-corrected chi connectivity index (χ1v) is 9.15. The molecule has 0 saturated heterocycles. The SMILES string of the molecule is NC(N)=NCCCn1nnnc1CC(=O)N[C@H]1Cc2cccc(C(=O)O)c2OB1O. The van der Waals surface area contributed by atoms with Crippen LogP contribution in [0, 0.1) is 0 Å². The lowest BCUT2D eigenvalue weighted by Gasteiger charge is -2.28. The number of nitrogens with zero attached hydrogens (tertiary/aromatic N) is 5. The highest BCUT2D eigenvalue weighted by Gasteiger charge is 2.37. The molecule has 1 amide bonds. The van der Waals surface area contributed by atoms with Crippen molar-refractivity contribution < 1.29 is 24.4 Å². The number of aliphatic imine (C=N–C) groups is 1. The summed E-state index contributed by atoms with van der Waals surface area (Å²) >= 11 is 0. The minimum atomic E-state index is -1.39. The van der Waals surface area contributed by atoms with E-state index in [2.05, 4.69) is 25.8 Å². The maximum Gasteiger partial charge on any atom is 0.547 e. The molecule has 1 atom stereocenters. The topological polar surface area (TPSA) is 204 Å². The highest BCUT2D eigenvalue weighted by atomic mass is 16.5. The largest absolute Gasteiger partial charge is 0.547 e. The van der Waals surface area contributed by atoms with E-state index in [1.165, 1.54) is 10.7 Å². The van der Waals surface area contributed by atoms with E-state index in [0.29, 0.717) is 30.9 Å². The number of fused-ring (bicyclic) bond motifs is 1. The summed E-state index contributed by atoms with van der Waals surface area (Å²) in [7, 11) is -1.39. The Morgan fingerprint density at radius 2 is 2.20 bits per heavy atom. The van der Waals surface area contributed by atoms with E-state index in [1.807, 2.05) is 0 Å². The van der Waals surface area contributed by atoms with Gasteiger partial charge in [0.1, 0.15) is 5.75 Å². The van der Waals surface area contributed by atoms with E-state index >= 15 is 0 Å². The minimum absolute atomic E-state index is 0.00313. The molecule has 1 aromatic carbocycles. The van der Waals surface area contributed by atoms with Crippen LogP contribution in [-0.2, 0) is 24.2 Å². The molecular weight excluding hydrogens is 395 g/mol. The molecule has 0 radical (unpaired) electrons. The Morgan fingerprint density at radius 3 is 2.93 bits per heavy atom. The number of carbonyl (C=O) groups excluding carboxylic acids is 1. The molecule has 2 heterocycles. The standard InChI is InChI=1S/C16H21BN8O5/c18-16(19)20-5-2-6-25-12(22-23-24-25)8-13(26)21-11-7-9-3-1-4-10(15(27)28)14(9)30-17(11)29/h1,3-4,11,29H,2,5-8H2,(H,21,26)(H,27,28)(H4,18,19,20)/t11-/m0/s1. The third-order valence-corrected chi connectivity index (χ3v) is 4.44. The summed E-state index contributed by atoms with van der Waals surface area (Å²) in [5.41, 5.74) is 11.1. The number of hydrogen-bond donors (Lipinski definition) is 5. The van der Waals surface area contributed by atoms with Gasteiger partial charge in [-0.2, -0.15) is 0 Å². The van der Waals surface area contributed by atoms with Crippen molar-refractivity contribution in [3.05, 3.63) is 35.2 Å². The number of rotatable bonds is 8. The van der Waals surface area contributed by atoms with Gasteiger partial charge in [0.25, 0.3) is 0 Å². The lowest BCUT2D eigenvalue weighted by Crippen LogP contribution is -2.53. The fourth-order valence-corrected chi connectivity index (χ4v) is 3.07. The molecule has 1 aliphatic rings. The molecule has 7 N–H and O–H groups in total. The Kier molecular flexibility index (Phi) is 6.46. The van der Waals surface area contributed by atoms with Gasteiger partial charge in [0.2, 0.25) is 5.91 Å². The fraction of sp³-hybridized carbons (Fsp3) is 0.375. The quantitative estimate of drug-likeness (QED) is 0.135. The first-order chi connectivity index (χ1) is 14.3. The molecule has 2 aromatic rings. The lowest BCUT2D eigenvalue weighted by atomic mass is 9.72. The first-order valence-electron chi connectivity index (χ1n) is 9.15. The molecule has 0 unspecified atom stereocenters. The second-order valence-corrected chi connectivity index (χ2v) is 6.64. The molecular formula is C16H21BN8O5. The predicted octanol–water partition coefficient (Wildman–Crippen LogP) is -2.28. The Labute approximate surface area is 171 Å². The predicted molar refractivity (Wildman–Crippen MR) is 104 cm³/mol. The van der Waals surface area contributed by atoms with E-state index in [9.17, 15) is 19.7 Å². The molecule has 0 aliphatic carbocycles. The molecule has 0 bridgehead atoms. The molecule has 0 saturated carbocycles. The van der Waals surface area contributed by atoms with E-state index in [4.69, 9.17) is 16.1 Å². The number of guanidine groups is 1. The van der Waals surface area contributed by atoms with Crippen molar-refractivity contribution in [2.45, 2.75) is 31.7 Å². The van der Waals surface area contributed by atoms with Gasteiger partial charge in [-0.25, -0.2) is 9.48 Å². The van der Waals surface area contributed by atoms with Gasteiger partial charge in [-0.3, -0.25) is 9.79 Å². The average molecular weight is 416 g/mol. The summed E-state index contributed by atoms with van der Waals surface area (Å²) in [6.07, 6.45) is 0.683. The molecule has 3 rings (SSSR count). The van der Waals surface area contributed by atoms with E-state index in [1.54, 1.807) is 12.1 Å². The molecule has 1 aliphatic heterocycles. The zero-order valence-electron chi connectivity index (χ0n) is 15.9. The molecule has 1 aromatic heterocycles. The average Bonchev–Trinajstić information content (AvgIpc) is 3.11. The number of nitrogens with two attached hydrogens (primary N) is 2. The Balaban J connectivity index is 1.60. The number of aryl methyl sites for hydroxylation is 1. The van der Waals surface area contributed by atoms with Gasteiger partial charge in [0.05, 0.1) is 17.9 Å². The monoisotopic (exact) mass is 416 g/mol. The summed E-state index contributed by atoms with van der Waals surface area (Å²) in [4.78, 5) is 27.6. The number of hydrogen-bond acceptors (Lipinski definition) is 8. The fourth-order valence-electron chi connectivity index (χ4n) is 3.07. The van der Waals surface area contributed by atoms with Crippen LogP contribution >= 0.6 is 0 Å². The Hall–Kier alpha value is -3.68. The van der Waals surface area contributed by atoms with E-state index < -0.39 is 24.9 Å². The summed E-state index contributed by atoms with van der Waals surface area (Å²) in [6.45, 7) is 0.823. The zero-order chi connectivity index (χ0) is 21.7. The maximum atomic E-state index is 12.4. The number of amides is 1. The van der Waals surface area contributed by atoms with Crippen LogP contribution in [0.25, 0.3) is 0 Å². The van der Waals surface area contributed by atoms with Gasteiger partial charge in [-0.15, -0.1) is 5.10 Å². The van der Waals surface area contributed by atoms with Crippen LogP contribution in [0.15, 0.2) is 23.2 Å². The van der Waals surface area contributed by atoms with Crippen molar-refractivity contribution in [1.82, 2.24) is 25.5 Å². The Morgan fingerprint density at radius 1 is 1.40 bits per heavy atom. The van der Waals surface area contributed by atoms with E-state index in [-0.39, 0.29) is 30.1 Å². The number of carboxylic acid groups (broad SMARTS) is 1. The van der Waals surface area contributed by atoms with Crippen LogP contribution in [-0.4, -0.2) is 67.8 Å². The number of aromatic nitrogens is 4. The van der Waals surface area contributed by atoms with Crippen molar-refractivity contribution in [3.8, 4) is 5.75 Å². The minimum Gasteiger partial charge on any atom is -0.534 e. The maximum absolute atomic E-state index is 12.4. The van der Waals surface area contributed by atoms with Gasteiger partial charge < -0.3 is 31.6 Å². The molecule has 0 fully saturated rings.